The largest absolute Gasteiger partial charge is 0.385 e. The zero-order valence-corrected chi connectivity index (χ0v) is 14.9. The van der Waals surface area contributed by atoms with Crippen LogP contribution in [0.4, 0.5) is 5.69 Å². The third-order valence-corrected chi connectivity index (χ3v) is 3.99. The zero-order chi connectivity index (χ0) is 17.2. The summed E-state index contributed by atoms with van der Waals surface area (Å²) >= 11 is 5.24. The first kappa shape index (κ1) is 18.6. The van der Waals surface area contributed by atoms with Gasteiger partial charge < -0.3 is 25.0 Å². The number of hydrogen-bond donors (Lipinski definition) is 2. The molecule has 1 aliphatic heterocycles. The van der Waals surface area contributed by atoms with Crippen LogP contribution in [0.1, 0.15) is 12.0 Å². The van der Waals surface area contributed by atoms with Crippen LogP contribution in [0.15, 0.2) is 24.3 Å². The second-order valence-electron chi connectivity index (χ2n) is 5.59. The predicted octanol–water partition coefficient (Wildman–Crippen LogP) is 1.41. The minimum absolute atomic E-state index is 0.148. The van der Waals surface area contributed by atoms with Crippen LogP contribution >= 0.6 is 12.2 Å². The third kappa shape index (κ3) is 6.43. The van der Waals surface area contributed by atoms with E-state index in [0.717, 1.165) is 24.2 Å². The molecule has 24 heavy (non-hydrogen) atoms. The van der Waals surface area contributed by atoms with Crippen LogP contribution in [0.3, 0.4) is 0 Å². The molecular formula is C17H25N3O3S. The highest BCUT2D eigenvalue weighted by atomic mass is 32.1. The number of carbonyl (C=O) groups excluding carboxylic acids is 1. The first-order chi connectivity index (χ1) is 11.7. The van der Waals surface area contributed by atoms with Crippen molar-refractivity contribution in [3.8, 4) is 0 Å². The van der Waals surface area contributed by atoms with Gasteiger partial charge in [-0.3, -0.25) is 4.79 Å². The van der Waals surface area contributed by atoms with Gasteiger partial charge in [-0.2, -0.15) is 0 Å². The number of ether oxygens (including phenoxy) is 2. The lowest BCUT2D eigenvalue weighted by atomic mass is 10.1. The van der Waals surface area contributed by atoms with E-state index in [1.54, 1.807) is 7.11 Å². The van der Waals surface area contributed by atoms with Crippen molar-refractivity contribution < 1.29 is 14.3 Å². The van der Waals surface area contributed by atoms with Gasteiger partial charge in [0.1, 0.15) is 0 Å². The van der Waals surface area contributed by atoms with Crippen molar-refractivity contribution in [1.29, 1.82) is 0 Å². The van der Waals surface area contributed by atoms with Crippen molar-refractivity contribution in [2.24, 2.45) is 0 Å². The summed E-state index contributed by atoms with van der Waals surface area (Å²) in [4.78, 5) is 14.1. The molecule has 1 fully saturated rings. The van der Waals surface area contributed by atoms with E-state index in [-0.39, 0.29) is 5.91 Å². The van der Waals surface area contributed by atoms with Crippen LogP contribution in [0.5, 0.6) is 0 Å². The number of rotatable bonds is 7. The third-order valence-electron chi connectivity index (χ3n) is 3.74. The minimum Gasteiger partial charge on any atom is -0.385 e. The number of nitrogens with one attached hydrogen (secondary N) is 2. The van der Waals surface area contributed by atoms with Crippen LogP contribution < -0.4 is 10.6 Å². The van der Waals surface area contributed by atoms with E-state index in [2.05, 4.69) is 10.6 Å². The average Bonchev–Trinajstić information content (AvgIpc) is 2.61. The molecule has 1 aromatic carbocycles. The molecule has 0 aliphatic carbocycles. The van der Waals surface area contributed by atoms with Gasteiger partial charge >= 0.3 is 0 Å². The van der Waals surface area contributed by atoms with E-state index in [0.29, 0.717) is 44.4 Å². The van der Waals surface area contributed by atoms with Gasteiger partial charge in [-0.15, -0.1) is 0 Å². The van der Waals surface area contributed by atoms with Gasteiger partial charge in [-0.05, 0) is 36.3 Å². The van der Waals surface area contributed by atoms with Crippen LogP contribution in [0, 0.1) is 0 Å². The second-order valence-corrected chi connectivity index (χ2v) is 6.00. The normalized spacial score (nSPS) is 14.3. The fraction of sp³-hybridized carbons (Fsp3) is 0.529. The fourth-order valence-corrected chi connectivity index (χ4v) is 2.62. The summed E-state index contributed by atoms with van der Waals surface area (Å²) in [6.45, 7) is 4.10. The smallest absolute Gasteiger partial charge is 0.227 e. The minimum atomic E-state index is 0.148. The summed E-state index contributed by atoms with van der Waals surface area (Å²) in [5.41, 5.74) is 1.90. The number of hydrogen-bond acceptors (Lipinski definition) is 4. The molecule has 7 heteroatoms. The van der Waals surface area contributed by atoms with Crippen LogP contribution in [0.2, 0.25) is 0 Å². The van der Waals surface area contributed by atoms with Gasteiger partial charge in [0.2, 0.25) is 5.91 Å². The molecule has 0 aromatic heterocycles. The molecule has 1 aromatic rings. The Morgan fingerprint density at radius 2 is 2.00 bits per heavy atom. The number of methoxy groups -OCH3 is 1. The summed E-state index contributed by atoms with van der Waals surface area (Å²) in [6, 6.07) is 7.78. The Hall–Kier alpha value is -1.70. The summed E-state index contributed by atoms with van der Waals surface area (Å²) < 4.78 is 10.3. The molecule has 0 atom stereocenters. The highest BCUT2D eigenvalue weighted by molar-refractivity contribution is 7.80. The van der Waals surface area contributed by atoms with Crippen LogP contribution in [0.25, 0.3) is 0 Å². The molecule has 1 heterocycles. The number of nitrogens with zero attached hydrogens (tertiary/aromatic N) is 1. The second kappa shape index (κ2) is 10.2. The number of amides is 1. The van der Waals surface area contributed by atoms with E-state index in [1.807, 2.05) is 29.2 Å². The number of morpholine rings is 1. The molecule has 2 rings (SSSR count). The Balaban J connectivity index is 1.75. The Morgan fingerprint density at radius 3 is 2.67 bits per heavy atom. The van der Waals surface area contributed by atoms with Crippen molar-refractivity contribution in [2.45, 2.75) is 12.8 Å². The molecule has 1 aliphatic rings. The Morgan fingerprint density at radius 1 is 1.29 bits per heavy atom. The lowest BCUT2D eigenvalue weighted by Crippen LogP contribution is -2.41. The standard InChI is InChI=1S/C17H25N3O3S/c1-22-10-2-7-18-17(24)19-15-5-3-14(4-6-15)13-16(21)20-8-11-23-12-9-20/h3-6H,2,7-13H2,1H3,(H2,18,19,24). The SMILES string of the molecule is COCCCNC(=S)Nc1ccc(CC(=O)N2CCOCC2)cc1. The maximum absolute atomic E-state index is 12.2. The topological polar surface area (TPSA) is 62.8 Å². The zero-order valence-electron chi connectivity index (χ0n) is 14.0. The summed E-state index contributed by atoms with van der Waals surface area (Å²) in [6.07, 6.45) is 1.32. The van der Waals surface area contributed by atoms with Crippen molar-refractivity contribution in [3.05, 3.63) is 29.8 Å². The van der Waals surface area contributed by atoms with E-state index >= 15 is 0 Å². The fourth-order valence-electron chi connectivity index (χ4n) is 2.40. The number of carbonyl (C=O) groups is 1. The van der Waals surface area contributed by atoms with E-state index < -0.39 is 0 Å². The molecule has 0 bridgehead atoms. The van der Waals surface area contributed by atoms with Gasteiger partial charge in [0.25, 0.3) is 0 Å². The van der Waals surface area contributed by atoms with Gasteiger partial charge in [-0.25, -0.2) is 0 Å². The molecule has 0 radical (unpaired) electrons. The van der Waals surface area contributed by atoms with Crippen molar-refractivity contribution in [3.63, 3.8) is 0 Å². The quantitative estimate of drug-likeness (QED) is 0.572. The van der Waals surface area contributed by atoms with Crippen LogP contribution in [-0.2, 0) is 20.7 Å². The predicted molar refractivity (Wildman–Crippen MR) is 98.3 cm³/mol. The Bertz CT molecular complexity index is 530. The molecule has 132 valence electrons. The van der Waals surface area contributed by atoms with Gasteiger partial charge in [0.15, 0.2) is 5.11 Å². The molecule has 2 N–H and O–H groups in total. The van der Waals surface area contributed by atoms with E-state index in [4.69, 9.17) is 21.7 Å². The van der Waals surface area contributed by atoms with Crippen molar-refractivity contribution in [2.75, 3.05) is 51.9 Å². The number of benzene rings is 1. The lowest BCUT2D eigenvalue weighted by Gasteiger charge is -2.26. The highest BCUT2D eigenvalue weighted by Gasteiger charge is 2.16. The number of anilines is 1. The van der Waals surface area contributed by atoms with Gasteiger partial charge in [0.05, 0.1) is 19.6 Å². The first-order valence-electron chi connectivity index (χ1n) is 8.17. The Labute approximate surface area is 148 Å². The maximum Gasteiger partial charge on any atom is 0.227 e. The molecule has 0 saturated carbocycles. The summed E-state index contributed by atoms with van der Waals surface area (Å²) in [7, 11) is 1.68. The molecule has 1 amide bonds. The highest BCUT2D eigenvalue weighted by Crippen LogP contribution is 2.11. The summed E-state index contributed by atoms with van der Waals surface area (Å²) in [5.74, 6) is 0.148. The average molecular weight is 351 g/mol. The number of thiocarbonyl (C=S) groups is 1. The summed E-state index contributed by atoms with van der Waals surface area (Å²) in [5, 5.41) is 6.84. The lowest BCUT2D eigenvalue weighted by molar-refractivity contribution is -0.134. The van der Waals surface area contributed by atoms with Crippen molar-refractivity contribution >= 4 is 28.9 Å². The molecule has 6 nitrogen and oxygen atoms in total. The molecule has 1 saturated heterocycles. The van der Waals surface area contributed by atoms with Gasteiger partial charge in [-0.1, -0.05) is 12.1 Å². The first-order valence-corrected chi connectivity index (χ1v) is 8.58. The molecular weight excluding hydrogens is 326 g/mol. The van der Waals surface area contributed by atoms with Crippen molar-refractivity contribution in [1.82, 2.24) is 10.2 Å². The maximum atomic E-state index is 12.2. The monoisotopic (exact) mass is 351 g/mol. The van der Waals surface area contributed by atoms with E-state index in [1.165, 1.54) is 0 Å². The van der Waals surface area contributed by atoms with Gasteiger partial charge in [0, 0.05) is 39.0 Å². The van der Waals surface area contributed by atoms with E-state index in [9.17, 15) is 4.79 Å². The van der Waals surface area contributed by atoms with Crippen LogP contribution in [-0.4, -0.2) is 62.5 Å². The molecule has 0 spiro atoms. The molecule has 0 unspecified atom stereocenters. The Kier molecular flexibility index (Phi) is 7.94.